The van der Waals surface area contributed by atoms with Gasteiger partial charge in [-0.2, -0.15) is 14.0 Å². The zero-order chi connectivity index (χ0) is 15.2. The van der Waals surface area contributed by atoms with E-state index in [2.05, 4.69) is 10.3 Å². The van der Waals surface area contributed by atoms with Crippen LogP contribution >= 0.6 is 11.8 Å². The van der Waals surface area contributed by atoms with Crippen LogP contribution in [0, 0.1) is 11.3 Å². The molecule has 1 aromatic carbocycles. The van der Waals surface area contributed by atoms with Gasteiger partial charge in [-0.05, 0) is 24.3 Å². The van der Waals surface area contributed by atoms with Crippen LogP contribution in [0.5, 0.6) is 0 Å². The Morgan fingerprint density at radius 1 is 1.29 bits per heavy atom. The number of alkyl halides is 2. The normalized spacial score (nSPS) is 10.2. The fourth-order valence-corrected chi connectivity index (χ4v) is 2.14. The summed E-state index contributed by atoms with van der Waals surface area (Å²) in [5.41, 5.74) is 0.727. The third kappa shape index (κ3) is 4.00. The maximum absolute atomic E-state index is 12.5. The first-order chi connectivity index (χ1) is 10.1. The average molecular weight is 305 g/mol. The Kier molecular flexibility index (Phi) is 4.85. The minimum atomic E-state index is -2.57. The number of carbonyl (C=O) groups excluding carboxylic acids is 1. The summed E-state index contributed by atoms with van der Waals surface area (Å²) in [5, 5.41) is 11.2. The second kappa shape index (κ2) is 6.81. The molecule has 1 aromatic heterocycles. The number of benzene rings is 1. The monoisotopic (exact) mass is 305 g/mol. The van der Waals surface area contributed by atoms with E-state index in [0.29, 0.717) is 23.0 Å². The van der Waals surface area contributed by atoms with Crippen molar-refractivity contribution in [2.24, 2.45) is 0 Å². The Morgan fingerprint density at radius 2 is 2.05 bits per heavy atom. The van der Waals surface area contributed by atoms with Crippen LogP contribution in [0.2, 0.25) is 0 Å². The Bertz CT molecular complexity index is 683. The molecule has 21 heavy (non-hydrogen) atoms. The number of anilines is 1. The lowest BCUT2D eigenvalue weighted by Gasteiger charge is -2.09. The van der Waals surface area contributed by atoms with E-state index in [4.69, 9.17) is 5.26 Å². The van der Waals surface area contributed by atoms with Crippen molar-refractivity contribution >= 4 is 23.4 Å². The average Bonchev–Trinajstić information content (AvgIpc) is 2.49. The zero-order valence-corrected chi connectivity index (χ0v) is 11.4. The second-order valence-corrected chi connectivity index (χ2v) is 4.90. The molecule has 0 unspecified atom stereocenters. The van der Waals surface area contributed by atoms with Gasteiger partial charge in [0.15, 0.2) is 0 Å². The minimum absolute atomic E-state index is 0.103. The van der Waals surface area contributed by atoms with Crippen LogP contribution in [0.15, 0.2) is 47.5 Å². The largest absolute Gasteiger partial charge is 0.320 e. The number of hydrogen-bond acceptors (Lipinski definition) is 4. The van der Waals surface area contributed by atoms with Gasteiger partial charge in [-0.25, -0.2) is 4.98 Å². The first-order valence-electron chi connectivity index (χ1n) is 5.81. The molecule has 1 heterocycles. The van der Waals surface area contributed by atoms with Crippen molar-refractivity contribution in [3.8, 4) is 6.07 Å². The number of thioether (sulfide) groups is 1. The highest BCUT2D eigenvalue weighted by Crippen LogP contribution is 2.31. The van der Waals surface area contributed by atoms with Crippen molar-refractivity contribution in [1.82, 2.24) is 4.98 Å². The minimum Gasteiger partial charge on any atom is -0.320 e. The van der Waals surface area contributed by atoms with Gasteiger partial charge in [0, 0.05) is 11.1 Å². The third-order valence-electron chi connectivity index (χ3n) is 2.48. The molecule has 0 radical (unpaired) electrons. The number of para-hydroxylation sites is 1. The van der Waals surface area contributed by atoms with Crippen molar-refractivity contribution in [1.29, 1.82) is 5.26 Å². The van der Waals surface area contributed by atoms with E-state index >= 15 is 0 Å². The van der Waals surface area contributed by atoms with E-state index in [1.807, 2.05) is 6.07 Å². The smallest absolute Gasteiger partial charge is 0.288 e. The Labute approximate surface area is 123 Å². The van der Waals surface area contributed by atoms with Gasteiger partial charge in [0.05, 0.1) is 11.3 Å². The van der Waals surface area contributed by atoms with Gasteiger partial charge < -0.3 is 5.32 Å². The molecular formula is C14H9F2N3OS. The summed E-state index contributed by atoms with van der Waals surface area (Å²) in [7, 11) is 0. The fraction of sp³-hybridized carbons (Fsp3) is 0.0714. The van der Waals surface area contributed by atoms with Crippen LogP contribution < -0.4 is 5.32 Å². The number of nitrogens with one attached hydrogen (secondary N) is 1. The number of carbonyl (C=O) groups is 1. The van der Waals surface area contributed by atoms with E-state index in [-0.39, 0.29) is 10.6 Å². The molecule has 0 aliphatic heterocycles. The van der Waals surface area contributed by atoms with Crippen LogP contribution in [0.4, 0.5) is 14.5 Å². The van der Waals surface area contributed by atoms with Gasteiger partial charge >= 0.3 is 0 Å². The van der Waals surface area contributed by atoms with E-state index < -0.39 is 11.7 Å². The highest BCUT2D eigenvalue weighted by molar-refractivity contribution is 7.99. The first kappa shape index (κ1) is 14.9. The van der Waals surface area contributed by atoms with E-state index in [1.54, 1.807) is 12.1 Å². The lowest BCUT2D eigenvalue weighted by molar-refractivity contribution is 0.102. The molecule has 0 aliphatic rings. The molecule has 0 atom stereocenters. The van der Waals surface area contributed by atoms with Crippen molar-refractivity contribution < 1.29 is 13.6 Å². The molecular weight excluding hydrogens is 296 g/mol. The molecule has 0 saturated carbocycles. The van der Waals surface area contributed by atoms with Gasteiger partial charge in [0.1, 0.15) is 11.8 Å². The lowest BCUT2D eigenvalue weighted by Crippen LogP contribution is -2.14. The van der Waals surface area contributed by atoms with Crippen LogP contribution in [-0.2, 0) is 0 Å². The Morgan fingerprint density at radius 3 is 2.67 bits per heavy atom. The topological polar surface area (TPSA) is 65.8 Å². The summed E-state index contributed by atoms with van der Waals surface area (Å²) >= 11 is 0.357. The van der Waals surface area contributed by atoms with Crippen LogP contribution in [-0.4, -0.2) is 16.6 Å². The maximum Gasteiger partial charge on any atom is 0.288 e. The first-order valence-corrected chi connectivity index (χ1v) is 6.69. The van der Waals surface area contributed by atoms with Gasteiger partial charge in [-0.3, -0.25) is 4.79 Å². The number of nitrogens with zero attached hydrogens (tertiary/aromatic N) is 2. The maximum atomic E-state index is 12.5. The lowest BCUT2D eigenvalue weighted by atomic mass is 10.2. The number of aromatic nitrogens is 1. The molecule has 0 spiro atoms. The van der Waals surface area contributed by atoms with Crippen LogP contribution in [0.25, 0.3) is 0 Å². The van der Waals surface area contributed by atoms with Crippen LogP contribution in [0.3, 0.4) is 0 Å². The van der Waals surface area contributed by atoms with Gasteiger partial charge in [0.25, 0.3) is 11.7 Å². The molecule has 2 rings (SSSR count). The number of amides is 1. The molecule has 0 saturated heterocycles. The standard InChI is InChI=1S/C14H9F2N3OS/c15-14(16)21-12-4-2-1-3-10(12)19-13(20)11-6-5-9(7-17)8-18-11/h1-6,8,14H,(H,19,20). The number of halogens is 2. The quantitative estimate of drug-likeness (QED) is 0.878. The van der Waals surface area contributed by atoms with Crippen molar-refractivity contribution in [2.75, 3.05) is 5.32 Å². The molecule has 0 bridgehead atoms. The van der Waals surface area contributed by atoms with Crippen molar-refractivity contribution in [3.63, 3.8) is 0 Å². The Balaban J connectivity index is 2.17. The molecule has 2 aromatic rings. The van der Waals surface area contributed by atoms with Crippen molar-refractivity contribution in [3.05, 3.63) is 53.9 Å². The summed E-state index contributed by atoms with van der Waals surface area (Å²) in [6, 6.07) is 11.0. The summed E-state index contributed by atoms with van der Waals surface area (Å²) in [6.45, 7) is 0. The zero-order valence-electron chi connectivity index (χ0n) is 10.6. The third-order valence-corrected chi connectivity index (χ3v) is 3.26. The van der Waals surface area contributed by atoms with Gasteiger partial charge in [-0.15, -0.1) is 0 Å². The summed E-state index contributed by atoms with van der Waals surface area (Å²) < 4.78 is 24.9. The van der Waals surface area contributed by atoms with E-state index in [9.17, 15) is 13.6 Å². The molecule has 4 nitrogen and oxygen atoms in total. The number of rotatable bonds is 4. The number of hydrogen-bond donors (Lipinski definition) is 1. The van der Waals surface area contributed by atoms with E-state index in [0.717, 1.165) is 0 Å². The summed E-state index contributed by atoms with van der Waals surface area (Å²) in [4.78, 5) is 16.1. The highest BCUT2D eigenvalue weighted by atomic mass is 32.2. The molecule has 1 amide bonds. The fourth-order valence-electron chi connectivity index (χ4n) is 1.55. The Hall–Kier alpha value is -2.46. The van der Waals surface area contributed by atoms with E-state index in [1.165, 1.54) is 30.5 Å². The summed E-state index contributed by atoms with van der Waals surface area (Å²) in [6.07, 6.45) is 1.27. The summed E-state index contributed by atoms with van der Waals surface area (Å²) in [5.74, 6) is -3.10. The molecule has 0 aliphatic carbocycles. The highest BCUT2D eigenvalue weighted by Gasteiger charge is 2.13. The molecule has 106 valence electrons. The number of pyridine rings is 1. The molecule has 1 N–H and O–H groups in total. The number of nitriles is 1. The second-order valence-electron chi connectivity index (χ2n) is 3.87. The van der Waals surface area contributed by atoms with Crippen molar-refractivity contribution in [2.45, 2.75) is 10.7 Å². The SMILES string of the molecule is N#Cc1ccc(C(=O)Nc2ccccc2SC(F)F)nc1. The van der Waals surface area contributed by atoms with Gasteiger partial charge in [0.2, 0.25) is 0 Å². The molecule has 7 heteroatoms. The van der Waals surface area contributed by atoms with Crippen LogP contribution in [0.1, 0.15) is 16.1 Å². The predicted octanol–water partition coefficient (Wildman–Crippen LogP) is 3.52. The van der Waals surface area contributed by atoms with Gasteiger partial charge in [-0.1, -0.05) is 23.9 Å². The molecule has 0 fully saturated rings. The predicted molar refractivity (Wildman–Crippen MR) is 75.2 cm³/mol.